The molecule has 8 atom stereocenters. The van der Waals surface area contributed by atoms with E-state index in [-0.39, 0.29) is 0 Å². The van der Waals surface area contributed by atoms with Crippen molar-refractivity contribution in [1.29, 1.82) is 0 Å². The van der Waals surface area contributed by atoms with E-state index < -0.39 is 0 Å². The van der Waals surface area contributed by atoms with Crippen LogP contribution >= 0.6 is 0 Å². The molecule has 4 rings (SSSR count). The molecule has 0 amide bonds. The van der Waals surface area contributed by atoms with Crippen LogP contribution in [0.4, 0.5) is 0 Å². The molecule has 0 aromatic heterocycles. The summed E-state index contributed by atoms with van der Waals surface area (Å²) in [6.45, 7) is 10.4. The molecule has 0 spiro atoms. The van der Waals surface area contributed by atoms with E-state index in [1.165, 1.54) is 19.3 Å². The molecule has 4 aliphatic carbocycles. The Kier molecular flexibility index (Phi) is 4.13. The molecule has 8 unspecified atom stereocenters. The third-order valence-corrected chi connectivity index (χ3v) is 9.99. The zero-order chi connectivity index (χ0) is 16.2. The van der Waals surface area contributed by atoms with Gasteiger partial charge in [0.15, 0.2) is 0 Å². The molecule has 0 nitrogen and oxygen atoms in total. The number of rotatable bonds is 2. The smallest absolute Gasteiger partial charge is 0.0264 e. The fourth-order valence-corrected chi connectivity index (χ4v) is 8.55. The molecule has 0 aromatic carbocycles. The molecule has 0 heterocycles. The van der Waals surface area contributed by atoms with Crippen LogP contribution in [0, 0.1) is 46.3 Å². The molecule has 23 heavy (non-hydrogen) atoms. The molecule has 4 aliphatic rings. The average molecular weight is 317 g/mol. The second-order valence-electron chi connectivity index (χ2n) is 10.5. The maximum atomic E-state index is 2.72. The Morgan fingerprint density at radius 1 is 0.826 bits per heavy atom. The zero-order valence-corrected chi connectivity index (χ0v) is 16.2. The number of hydrogen-bond acceptors (Lipinski definition) is 0. The number of hydrogen-bond donors (Lipinski definition) is 0. The average Bonchev–Trinajstić information content (AvgIpc) is 2.91. The van der Waals surface area contributed by atoms with Crippen molar-refractivity contribution in [3.63, 3.8) is 0 Å². The lowest BCUT2D eigenvalue weighted by molar-refractivity contribution is -0.114. The molecule has 0 aromatic rings. The van der Waals surface area contributed by atoms with Crippen molar-refractivity contribution < 1.29 is 0 Å². The number of fused-ring (bicyclic) bond motifs is 5. The second-order valence-corrected chi connectivity index (χ2v) is 10.5. The summed E-state index contributed by atoms with van der Waals surface area (Å²) in [5.41, 5.74) is 1.41. The summed E-state index contributed by atoms with van der Waals surface area (Å²) in [4.78, 5) is 0. The lowest BCUT2D eigenvalue weighted by atomic mass is 9.44. The van der Waals surface area contributed by atoms with Crippen molar-refractivity contribution in [2.75, 3.05) is 0 Å². The summed E-state index contributed by atoms with van der Waals surface area (Å²) >= 11 is 0. The van der Waals surface area contributed by atoms with Crippen molar-refractivity contribution in [3.05, 3.63) is 0 Å². The monoisotopic (exact) mass is 316 g/mol. The van der Waals surface area contributed by atoms with Gasteiger partial charge in [-0.25, -0.2) is 0 Å². The van der Waals surface area contributed by atoms with Crippen LogP contribution in [-0.4, -0.2) is 0 Å². The predicted molar refractivity (Wildman–Crippen MR) is 99.3 cm³/mol. The van der Waals surface area contributed by atoms with E-state index in [2.05, 4.69) is 27.7 Å². The van der Waals surface area contributed by atoms with Gasteiger partial charge < -0.3 is 0 Å². The van der Waals surface area contributed by atoms with Gasteiger partial charge in [-0.3, -0.25) is 0 Å². The van der Waals surface area contributed by atoms with Gasteiger partial charge in [-0.2, -0.15) is 0 Å². The summed E-state index contributed by atoms with van der Waals surface area (Å²) in [5.74, 6) is 6.28. The van der Waals surface area contributed by atoms with Crippen LogP contribution in [0.3, 0.4) is 0 Å². The highest BCUT2D eigenvalue weighted by Crippen LogP contribution is 2.68. The van der Waals surface area contributed by atoms with Gasteiger partial charge in [0, 0.05) is 0 Å². The maximum absolute atomic E-state index is 2.72. The van der Waals surface area contributed by atoms with Crippen molar-refractivity contribution in [2.45, 2.75) is 98.3 Å². The Hall–Kier alpha value is 0. The first-order valence-corrected chi connectivity index (χ1v) is 11.0. The van der Waals surface area contributed by atoms with Crippen LogP contribution < -0.4 is 0 Å². The minimum absolute atomic E-state index is 0.689. The van der Waals surface area contributed by atoms with Gasteiger partial charge in [-0.1, -0.05) is 47.0 Å². The Labute approximate surface area is 145 Å². The predicted octanol–water partition coefficient (Wildman–Crippen LogP) is 7.08. The van der Waals surface area contributed by atoms with Gasteiger partial charge in [0.05, 0.1) is 0 Å². The van der Waals surface area contributed by atoms with E-state index in [0.29, 0.717) is 5.41 Å². The van der Waals surface area contributed by atoms with Crippen molar-refractivity contribution in [2.24, 2.45) is 46.3 Å². The van der Waals surface area contributed by atoms with E-state index in [1.807, 2.05) is 0 Å². The molecule has 0 aliphatic heterocycles. The SMILES string of the molecule is CCC(C)C1CCC2C3CCC4CCCCC4(C)C3CCC12C. The first kappa shape index (κ1) is 16.5. The van der Waals surface area contributed by atoms with Gasteiger partial charge >= 0.3 is 0 Å². The minimum Gasteiger partial charge on any atom is -0.0651 e. The molecule has 0 radical (unpaired) electrons. The first-order valence-electron chi connectivity index (χ1n) is 11.0. The summed E-state index contributed by atoms with van der Waals surface area (Å²) in [7, 11) is 0. The Bertz CT molecular complexity index is 439. The van der Waals surface area contributed by atoms with Crippen molar-refractivity contribution in [1.82, 2.24) is 0 Å². The summed E-state index contributed by atoms with van der Waals surface area (Å²) in [6, 6.07) is 0. The molecule has 132 valence electrons. The Balaban J connectivity index is 1.60. The summed E-state index contributed by atoms with van der Waals surface area (Å²) < 4.78 is 0. The van der Waals surface area contributed by atoms with Crippen LogP contribution in [-0.2, 0) is 0 Å². The molecule has 4 fully saturated rings. The van der Waals surface area contributed by atoms with Gasteiger partial charge in [-0.15, -0.1) is 0 Å². The lowest BCUT2D eigenvalue weighted by Crippen LogP contribution is -2.53. The highest BCUT2D eigenvalue weighted by atomic mass is 14.6. The molecular formula is C23H40. The first-order chi connectivity index (χ1) is 11.0. The zero-order valence-electron chi connectivity index (χ0n) is 16.2. The van der Waals surface area contributed by atoms with Crippen LogP contribution in [0.1, 0.15) is 98.3 Å². The molecule has 0 heteroatoms. The summed E-state index contributed by atoms with van der Waals surface area (Å²) in [5, 5.41) is 0. The molecule has 4 saturated carbocycles. The second kappa shape index (κ2) is 5.77. The minimum atomic E-state index is 0.689. The van der Waals surface area contributed by atoms with Crippen LogP contribution in [0.5, 0.6) is 0 Å². The highest BCUT2D eigenvalue weighted by molar-refractivity contribution is 5.09. The van der Waals surface area contributed by atoms with E-state index in [9.17, 15) is 0 Å². The molecule has 0 N–H and O–H groups in total. The Morgan fingerprint density at radius 3 is 2.39 bits per heavy atom. The van der Waals surface area contributed by atoms with Gasteiger partial charge in [0.2, 0.25) is 0 Å². The van der Waals surface area contributed by atoms with Gasteiger partial charge in [-0.05, 0) is 97.7 Å². The Morgan fingerprint density at radius 2 is 1.61 bits per heavy atom. The standard InChI is InChI=1S/C23H40/c1-5-16(2)19-11-12-20-18-10-9-17-8-6-7-14-22(17,3)21(18)13-15-23(19,20)4/h16-21H,5-15H2,1-4H3. The van der Waals surface area contributed by atoms with Crippen molar-refractivity contribution in [3.8, 4) is 0 Å². The quantitative estimate of drug-likeness (QED) is 0.510. The van der Waals surface area contributed by atoms with Crippen LogP contribution in [0.25, 0.3) is 0 Å². The molecule has 0 bridgehead atoms. The third-order valence-electron chi connectivity index (χ3n) is 9.99. The lowest BCUT2D eigenvalue weighted by Gasteiger charge is -2.61. The highest BCUT2D eigenvalue weighted by Gasteiger charge is 2.59. The van der Waals surface area contributed by atoms with E-state index in [0.717, 1.165) is 40.9 Å². The molecular weight excluding hydrogens is 276 g/mol. The summed E-state index contributed by atoms with van der Waals surface area (Å²) in [6.07, 6.45) is 16.9. The third kappa shape index (κ3) is 2.29. The van der Waals surface area contributed by atoms with Gasteiger partial charge in [0.1, 0.15) is 0 Å². The largest absolute Gasteiger partial charge is 0.0651 e. The van der Waals surface area contributed by atoms with Crippen LogP contribution in [0.2, 0.25) is 0 Å². The van der Waals surface area contributed by atoms with Crippen LogP contribution in [0.15, 0.2) is 0 Å². The maximum Gasteiger partial charge on any atom is -0.0264 e. The molecule has 0 saturated heterocycles. The fourth-order valence-electron chi connectivity index (χ4n) is 8.55. The van der Waals surface area contributed by atoms with Crippen molar-refractivity contribution >= 4 is 0 Å². The van der Waals surface area contributed by atoms with E-state index in [1.54, 1.807) is 51.4 Å². The van der Waals surface area contributed by atoms with E-state index in [4.69, 9.17) is 0 Å². The fraction of sp³-hybridized carbons (Fsp3) is 1.00. The topological polar surface area (TPSA) is 0 Å². The normalized spacial score (nSPS) is 54.0. The van der Waals surface area contributed by atoms with Gasteiger partial charge in [0.25, 0.3) is 0 Å². The van der Waals surface area contributed by atoms with E-state index >= 15 is 0 Å².